The summed E-state index contributed by atoms with van der Waals surface area (Å²) in [6.07, 6.45) is 6.32. The van der Waals surface area contributed by atoms with Gasteiger partial charge in [0.25, 0.3) is 5.91 Å². The molecule has 0 radical (unpaired) electrons. The fourth-order valence-corrected chi connectivity index (χ4v) is 1.73. The quantitative estimate of drug-likeness (QED) is 0.769. The predicted molar refractivity (Wildman–Crippen MR) is 65.8 cm³/mol. The molecule has 0 unspecified atom stereocenters. The smallest absolute Gasteiger partial charge is 0.271 e. The fraction of sp³-hybridized carbons (Fsp3) is 0.417. The molecule has 5 heteroatoms. The van der Waals surface area contributed by atoms with Crippen LogP contribution in [0.5, 0.6) is 0 Å². The highest BCUT2D eigenvalue weighted by molar-refractivity contribution is 5.92. The molecule has 0 spiro atoms. The van der Waals surface area contributed by atoms with Crippen LogP contribution in [0.1, 0.15) is 30.3 Å². The SMILES string of the molecule is CCNC(=O)c1ccc(NC2CC=CC2)nn1. The molecule has 1 aliphatic carbocycles. The highest BCUT2D eigenvalue weighted by Gasteiger charge is 2.11. The maximum absolute atomic E-state index is 11.5. The van der Waals surface area contributed by atoms with Crippen molar-refractivity contribution in [1.82, 2.24) is 15.5 Å². The van der Waals surface area contributed by atoms with Crippen molar-refractivity contribution in [1.29, 1.82) is 0 Å². The number of carbonyl (C=O) groups is 1. The van der Waals surface area contributed by atoms with Crippen molar-refractivity contribution in [3.8, 4) is 0 Å². The summed E-state index contributed by atoms with van der Waals surface area (Å²) in [6, 6.07) is 3.87. The Bertz CT molecular complexity index is 405. The molecule has 1 amide bonds. The molecule has 1 aromatic rings. The number of hydrogen-bond donors (Lipinski definition) is 2. The van der Waals surface area contributed by atoms with Crippen LogP contribution in [0.25, 0.3) is 0 Å². The Morgan fingerprint density at radius 2 is 2.12 bits per heavy atom. The normalized spacial score (nSPS) is 14.9. The molecule has 0 fully saturated rings. The third-order valence-corrected chi connectivity index (χ3v) is 2.59. The van der Waals surface area contributed by atoms with Gasteiger partial charge >= 0.3 is 0 Å². The van der Waals surface area contributed by atoms with Crippen molar-refractivity contribution in [3.05, 3.63) is 30.0 Å². The molecule has 2 N–H and O–H groups in total. The van der Waals surface area contributed by atoms with E-state index in [-0.39, 0.29) is 5.91 Å². The maximum Gasteiger partial charge on any atom is 0.271 e. The van der Waals surface area contributed by atoms with Crippen molar-refractivity contribution in [2.24, 2.45) is 0 Å². The first-order chi connectivity index (χ1) is 8.29. The molecule has 0 saturated carbocycles. The van der Waals surface area contributed by atoms with E-state index in [1.807, 2.05) is 6.92 Å². The lowest BCUT2D eigenvalue weighted by atomic mass is 10.2. The summed E-state index contributed by atoms with van der Waals surface area (Å²) in [7, 11) is 0. The lowest BCUT2D eigenvalue weighted by molar-refractivity contribution is 0.0950. The van der Waals surface area contributed by atoms with Gasteiger partial charge in [0.2, 0.25) is 0 Å². The Kier molecular flexibility index (Phi) is 3.69. The van der Waals surface area contributed by atoms with E-state index >= 15 is 0 Å². The predicted octanol–water partition coefficient (Wildman–Crippen LogP) is 1.36. The van der Waals surface area contributed by atoms with Gasteiger partial charge in [-0.15, -0.1) is 10.2 Å². The Labute approximate surface area is 100 Å². The van der Waals surface area contributed by atoms with Gasteiger partial charge in [-0.2, -0.15) is 0 Å². The second-order valence-electron chi connectivity index (χ2n) is 3.95. The molecule has 5 nitrogen and oxygen atoms in total. The van der Waals surface area contributed by atoms with Crippen molar-refractivity contribution in [3.63, 3.8) is 0 Å². The topological polar surface area (TPSA) is 66.9 Å². The number of nitrogens with zero attached hydrogens (tertiary/aromatic N) is 2. The number of carbonyl (C=O) groups excluding carboxylic acids is 1. The first-order valence-corrected chi connectivity index (χ1v) is 5.83. The van der Waals surface area contributed by atoms with Gasteiger partial charge in [-0.1, -0.05) is 12.2 Å². The van der Waals surface area contributed by atoms with Crippen LogP contribution in [0, 0.1) is 0 Å². The molecule has 0 saturated heterocycles. The van der Waals surface area contributed by atoms with Crippen molar-refractivity contribution in [2.45, 2.75) is 25.8 Å². The van der Waals surface area contributed by atoms with Crippen LogP contribution in [0.3, 0.4) is 0 Å². The zero-order valence-corrected chi connectivity index (χ0v) is 9.81. The van der Waals surface area contributed by atoms with Crippen LogP contribution in [0.4, 0.5) is 5.82 Å². The van der Waals surface area contributed by atoms with E-state index in [0.717, 1.165) is 12.8 Å². The largest absolute Gasteiger partial charge is 0.365 e. The molecule has 0 aliphatic heterocycles. The highest BCUT2D eigenvalue weighted by atomic mass is 16.1. The average molecular weight is 232 g/mol. The van der Waals surface area contributed by atoms with Crippen molar-refractivity contribution >= 4 is 11.7 Å². The lowest BCUT2D eigenvalue weighted by Gasteiger charge is -2.11. The number of rotatable bonds is 4. The second-order valence-corrected chi connectivity index (χ2v) is 3.95. The zero-order valence-electron chi connectivity index (χ0n) is 9.81. The lowest BCUT2D eigenvalue weighted by Crippen LogP contribution is -2.24. The Morgan fingerprint density at radius 3 is 2.71 bits per heavy atom. The summed E-state index contributed by atoms with van der Waals surface area (Å²) in [5, 5.41) is 13.8. The monoisotopic (exact) mass is 232 g/mol. The minimum absolute atomic E-state index is 0.186. The van der Waals surface area contributed by atoms with Crippen LogP contribution in [0.2, 0.25) is 0 Å². The van der Waals surface area contributed by atoms with E-state index in [1.165, 1.54) is 0 Å². The van der Waals surface area contributed by atoms with E-state index in [2.05, 4.69) is 33.0 Å². The van der Waals surface area contributed by atoms with Gasteiger partial charge in [0, 0.05) is 12.6 Å². The van der Waals surface area contributed by atoms with Crippen molar-refractivity contribution < 1.29 is 4.79 Å². The molecule has 0 atom stereocenters. The van der Waals surface area contributed by atoms with E-state index in [0.29, 0.717) is 24.1 Å². The molecular weight excluding hydrogens is 216 g/mol. The third kappa shape index (κ3) is 3.03. The van der Waals surface area contributed by atoms with Crippen LogP contribution in [-0.4, -0.2) is 28.7 Å². The average Bonchev–Trinajstić information content (AvgIpc) is 2.83. The molecule has 90 valence electrons. The molecule has 1 heterocycles. The van der Waals surface area contributed by atoms with E-state index in [4.69, 9.17) is 0 Å². The number of hydrogen-bond acceptors (Lipinski definition) is 4. The van der Waals surface area contributed by atoms with Gasteiger partial charge in [0.1, 0.15) is 5.82 Å². The van der Waals surface area contributed by atoms with Crippen LogP contribution in [-0.2, 0) is 0 Å². The number of amides is 1. The van der Waals surface area contributed by atoms with Crippen LogP contribution < -0.4 is 10.6 Å². The van der Waals surface area contributed by atoms with Gasteiger partial charge in [0.15, 0.2) is 5.69 Å². The maximum atomic E-state index is 11.5. The molecule has 0 bridgehead atoms. The van der Waals surface area contributed by atoms with E-state index < -0.39 is 0 Å². The third-order valence-electron chi connectivity index (χ3n) is 2.59. The summed E-state index contributed by atoms with van der Waals surface area (Å²) >= 11 is 0. The molecule has 1 aliphatic rings. The summed E-state index contributed by atoms with van der Waals surface area (Å²) in [6.45, 7) is 2.46. The van der Waals surface area contributed by atoms with Gasteiger partial charge < -0.3 is 10.6 Å². The first-order valence-electron chi connectivity index (χ1n) is 5.83. The summed E-state index contributed by atoms with van der Waals surface area (Å²) in [5.41, 5.74) is 0.349. The number of anilines is 1. The van der Waals surface area contributed by atoms with Gasteiger partial charge in [-0.25, -0.2) is 0 Å². The zero-order chi connectivity index (χ0) is 12.1. The minimum atomic E-state index is -0.186. The van der Waals surface area contributed by atoms with Gasteiger partial charge in [-0.05, 0) is 31.9 Å². The van der Waals surface area contributed by atoms with Crippen molar-refractivity contribution in [2.75, 3.05) is 11.9 Å². The van der Waals surface area contributed by atoms with Crippen LogP contribution >= 0.6 is 0 Å². The minimum Gasteiger partial charge on any atom is -0.365 e. The number of aromatic nitrogens is 2. The molecule has 17 heavy (non-hydrogen) atoms. The Morgan fingerprint density at radius 1 is 1.35 bits per heavy atom. The fourth-order valence-electron chi connectivity index (χ4n) is 1.73. The van der Waals surface area contributed by atoms with E-state index in [9.17, 15) is 4.79 Å². The summed E-state index contributed by atoms with van der Waals surface area (Å²) in [4.78, 5) is 11.5. The Balaban J connectivity index is 1.95. The van der Waals surface area contributed by atoms with E-state index in [1.54, 1.807) is 12.1 Å². The number of nitrogens with one attached hydrogen (secondary N) is 2. The summed E-state index contributed by atoms with van der Waals surface area (Å²) < 4.78 is 0. The molecule has 2 rings (SSSR count). The highest BCUT2D eigenvalue weighted by Crippen LogP contribution is 2.14. The standard InChI is InChI=1S/C12H16N4O/c1-2-13-12(17)10-7-8-11(16-15-10)14-9-5-3-4-6-9/h3-4,7-9H,2,5-6H2,1H3,(H,13,17)(H,14,16). The second kappa shape index (κ2) is 5.43. The molecular formula is C12H16N4O. The summed E-state index contributed by atoms with van der Waals surface area (Å²) in [5.74, 6) is 0.529. The first kappa shape index (κ1) is 11.6. The Hall–Kier alpha value is -1.91. The van der Waals surface area contributed by atoms with Gasteiger partial charge in [0.05, 0.1) is 0 Å². The van der Waals surface area contributed by atoms with Gasteiger partial charge in [-0.3, -0.25) is 4.79 Å². The van der Waals surface area contributed by atoms with Crippen LogP contribution in [0.15, 0.2) is 24.3 Å². The molecule has 0 aromatic carbocycles. The molecule has 1 aromatic heterocycles.